The van der Waals surface area contributed by atoms with E-state index in [-0.39, 0.29) is 11.5 Å². The van der Waals surface area contributed by atoms with Crippen molar-refractivity contribution in [3.8, 4) is 0 Å². The molecule has 132 valence electrons. The number of nitrogens with zero attached hydrogens (tertiary/aromatic N) is 2. The Labute approximate surface area is 163 Å². The minimum absolute atomic E-state index is 0.106. The molecular weight excluding hydrogens is 416 g/mol. The lowest BCUT2D eigenvalue weighted by Crippen LogP contribution is -2.28. The number of carboxylic acid groups (broad SMARTS) is 1. The van der Waals surface area contributed by atoms with E-state index in [9.17, 15) is 9.59 Å². The number of likely N-dealkylation sites (N-methyl/N-ethyl adjacent to an activating group) is 1. The normalized spacial score (nSPS) is 17.3. The van der Waals surface area contributed by atoms with Gasteiger partial charge in [0.1, 0.15) is 0 Å². The average molecular weight is 431 g/mol. The zero-order valence-electron chi connectivity index (χ0n) is 13.8. The first kappa shape index (κ1) is 18.4. The molecule has 2 aromatic carbocycles. The molecule has 7 heteroatoms. The molecular formula is C19H15BrN2O3S. The standard InChI is InChI=1S/C19H15BrN2O3S/c1-2-22-17(23)16(10-12-5-3-7-14(20)9-12)26-19(22)21-15-8-4-6-13(11-15)18(24)25/h3-11H,2H2,1H3,(H,24,25)/b16-10-,21-19?. The minimum Gasteiger partial charge on any atom is -0.478 e. The van der Waals surface area contributed by atoms with Crippen LogP contribution in [0, 0.1) is 0 Å². The van der Waals surface area contributed by atoms with Crippen LogP contribution in [0.2, 0.25) is 0 Å². The monoisotopic (exact) mass is 430 g/mol. The number of aliphatic imine (C=N–C) groups is 1. The molecule has 1 aliphatic rings. The number of hydrogen-bond donors (Lipinski definition) is 1. The number of amides is 1. The van der Waals surface area contributed by atoms with Gasteiger partial charge in [0, 0.05) is 11.0 Å². The highest BCUT2D eigenvalue weighted by molar-refractivity contribution is 9.10. The summed E-state index contributed by atoms with van der Waals surface area (Å²) in [6.07, 6.45) is 1.83. The smallest absolute Gasteiger partial charge is 0.335 e. The van der Waals surface area contributed by atoms with Crippen LogP contribution in [0.3, 0.4) is 0 Å². The topological polar surface area (TPSA) is 70.0 Å². The molecule has 0 radical (unpaired) electrons. The van der Waals surface area contributed by atoms with Gasteiger partial charge in [0.2, 0.25) is 0 Å². The Balaban J connectivity index is 1.94. The number of carboxylic acids is 1. The van der Waals surface area contributed by atoms with E-state index in [0.717, 1.165) is 10.0 Å². The maximum atomic E-state index is 12.7. The molecule has 0 saturated carbocycles. The summed E-state index contributed by atoms with van der Waals surface area (Å²) in [5.41, 5.74) is 1.58. The lowest BCUT2D eigenvalue weighted by molar-refractivity contribution is -0.122. The van der Waals surface area contributed by atoms with Gasteiger partial charge in [-0.3, -0.25) is 9.69 Å². The number of aromatic carboxylic acids is 1. The molecule has 1 aliphatic heterocycles. The van der Waals surface area contributed by atoms with Crippen molar-refractivity contribution in [3.63, 3.8) is 0 Å². The van der Waals surface area contributed by atoms with E-state index in [1.54, 1.807) is 17.0 Å². The van der Waals surface area contributed by atoms with Gasteiger partial charge in [-0.1, -0.05) is 34.1 Å². The maximum absolute atomic E-state index is 12.7. The molecule has 0 bridgehead atoms. The van der Waals surface area contributed by atoms with E-state index < -0.39 is 5.97 Å². The van der Waals surface area contributed by atoms with Gasteiger partial charge in [-0.15, -0.1) is 0 Å². The third kappa shape index (κ3) is 4.05. The lowest BCUT2D eigenvalue weighted by Gasteiger charge is -2.12. The van der Waals surface area contributed by atoms with Gasteiger partial charge in [-0.05, 0) is 60.7 Å². The fraction of sp³-hybridized carbons (Fsp3) is 0.105. The van der Waals surface area contributed by atoms with E-state index in [1.165, 1.54) is 23.9 Å². The van der Waals surface area contributed by atoms with Crippen molar-refractivity contribution in [3.05, 3.63) is 69.0 Å². The highest BCUT2D eigenvalue weighted by atomic mass is 79.9. The van der Waals surface area contributed by atoms with Gasteiger partial charge in [-0.25, -0.2) is 9.79 Å². The van der Waals surface area contributed by atoms with Crippen molar-refractivity contribution in [1.29, 1.82) is 0 Å². The van der Waals surface area contributed by atoms with E-state index >= 15 is 0 Å². The van der Waals surface area contributed by atoms with Crippen molar-refractivity contribution in [2.75, 3.05) is 6.54 Å². The third-order valence-corrected chi connectivity index (χ3v) is 5.17. The van der Waals surface area contributed by atoms with Crippen LogP contribution in [0.25, 0.3) is 6.08 Å². The Kier molecular flexibility index (Phi) is 5.58. The van der Waals surface area contributed by atoms with Crippen molar-refractivity contribution in [2.24, 2.45) is 4.99 Å². The highest BCUT2D eigenvalue weighted by Crippen LogP contribution is 2.34. The molecule has 0 unspecified atom stereocenters. The summed E-state index contributed by atoms with van der Waals surface area (Å²) >= 11 is 4.71. The Morgan fingerprint density at radius 1 is 1.27 bits per heavy atom. The second-order valence-electron chi connectivity index (χ2n) is 5.46. The molecule has 3 rings (SSSR count). The van der Waals surface area contributed by atoms with Crippen LogP contribution >= 0.6 is 27.7 Å². The van der Waals surface area contributed by atoms with E-state index in [1.807, 2.05) is 37.3 Å². The molecule has 2 aromatic rings. The summed E-state index contributed by atoms with van der Waals surface area (Å²) in [7, 11) is 0. The molecule has 1 saturated heterocycles. The molecule has 1 amide bonds. The maximum Gasteiger partial charge on any atom is 0.335 e. The number of halogens is 1. The number of hydrogen-bond acceptors (Lipinski definition) is 4. The van der Waals surface area contributed by atoms with Crippen LogP contribution in [0.1, 0.15) is 22.8 Å². The number of carbonyl (C=O) groups is 2. The second kappa shape index (κ2) is 7.88. The molecule has 5 nitrogen and oxygen atoms in total. The van der Waals surface area contributed by atoms with Gasteiger partial charge in [0.05, 0.1) is 16.2 Å². The summed E-state index contributed by atoms with van der Waals surface area (Å²) in [5.74, 6) is -1.12. The number of carbonyl (C=O) groups excluding carboxylic acids is 1. The number of amidine groups is 1. The zero-order valence-corrected chi connectivity index (χ0v) is 16.3. The van der Waals surface area contributed by atoms with Crippen molar-refractivity contribution in [2.45, 2.75) is 6.92 Å². The van der Waals surface area contributed by atoms with Gasteiger partial charge in [0.15, 0.2) is 5.17 Å². The van der Waals surface area contributed by atoms with E-state index in [4.69, 9.17) is 5.11 Å². The van der Waals surface area contributed by atoms with Crippen LogP contribution in [-0.2, 0) is 4.79 Å². The zero-order chi connectivity index (χ0) is 18.7. The first-order valence-corrected chi connectivity index (χ1v) is 9.48. The van der Waals surface area contributed by atoms with Crippen LogP contribution in [0.4, 0.5) is 5.69 Å². The van der Waals surface area contributed by atoms with Crippen LogP contribution in [0.5, 0.6) is 0 Å². The average Bonchev–Trinajstić information content (AvgIpc) is 2.89. The molecule has 1 heterocycles. The SMILES string of the molecule is CCN1C(=O)/C(=C/c2cccc(Br)c2)SC1=Nc1cccc(C(=O)O)c1. The molecule has 0 spiro atoms. The van der Waals surface area contributed by atoms with E-state index in [2.05, 4.69) is 20.9 Å². The predicted molar refractivity (Wildman–Crippen MR) is 108 cm³/mol. The molecule has 1 fully saturated rings. The molecule has 0 aliphatic carbocycles. The molecule has 0 aromatic heterocycles. The van der Waals surface area contributed by atoms with Gasteiger partial charge < -0.3 is 5.11 Å². The summed E-state index contributed by atoms with van der Waals surface area (Å²) in [5, 5.41) is 9.65. The molecule has 26 heavy (non-hydrogen) atoms. The summed E-state index contributed by atoms with van der Waals surface area (Å²) in [6, 6.07) is 14.0. The van der Waals surface area contributed by atoms with Crippen LogP contribution < -0.4 is 0 Å². The van der Waals surface area contributed by atoms with Crippen molar-refractivity contribution in [1.82, 2.24) is 4.90 Å². The largest absolute Gasteiger partial charge is 0.478 e. The summed E-state index contributed by atoms with van der Waals surface area (Å²) in [4.78, 5) is 30.4. The first-order chi connectivity index (χ1) is 12.5. The van der Waals surface area contributed by atoms with Crippen LogP contribution in [0.15, 0.2) is 62.9 Å². The van der Waals surface area contributed by atoms with Crippen molar-refractivity contribution >= 4 is 56.5 Å². The fourth-order valence-corrected chi connectivity index (χ4v) is 3.92. The first-order valence-electron chi connectivity index (χ1n) is 7.87. The molecule has 0 atom stereocenters. The quantitative estimate of drug-likeness (QED) is 0.708. The predicted octanol–water partition coefficient (Wildman–Crippen LogP) is 4.77. The van der Waals surface area contributed by atoms with Gasteiger partial charge in [-0.2, -0.15) is 0 Å². The van der Waals surface area contributed by atoms with Gasteiger partial charge in [0.25, 0.3) is 5.91 Å². The van der Waals surface area contributed by atoms with E-state index in [0.29, 0.717) is 22.3 Å². The summed E-state index contributed by atoms with van der Waals surface area (Å²) in [6.45, 7) is 2.36. The minimum atomic E-state index is -1.01. The summed E-state index contributed by atoms with van der Waals surface area (Å²) < 4.78 is 0.939. The van der Waals surface area contributed by atoms with Crippen molar-refractivity contribution < 1.29 is 14.7 Å². The van der Waals surface area contributed by atoms with Crippen LogP contribution in [-0.4, -0.2) is 33.6 Å². The number of rotatable bonds is 4. The Morgan fingerprint density at radius 2 is 2.04 bits per heavy atom. The number of thioether (sulfide) groups is 1. The Morgan fingerprint density at radius 3 is 2.73 bits per heavy atom. The Bertz CT molecular complexity index is 940. The number of benzene rings is 2. The third-order valence-electron chi connectivity index (χ3n) is 3.67. The lowest BCUT2D eigenvalue weighted by atomic mass is 10.2. The Hall–Kier alpha value is -2.38. The van der Waals surface area contributed by atoms with Gasteiger partial charge >= 0.3 is 5.97 Å². The highest BCUT2D eigenvalue weighted by Gasteiger charge is 2.32. The second-order valence-corrected chi connectivity index (χ2v) is 7.39. The fourth-order valence-electron chi connectivity index (χ4n) is 2.44. The molecule has 1 N–H and O–H groups in total.